The first-order chi connectivity index (χ1) is 8.08. The highest BCUT2D eigenvalue weighted by atomic mass is 35.5. The molecule has 2 N–H and O–H groups in total. The van der Waals surface area contributed by atoms with E-state index in [0.717, 1.165) is 5.56 Å². The summed E-state index contributed by atoms with van der Waals surface area (Å²) in [5, 5.41) is 5.87. The van der Waals surface area contributed by atoms with Gasteiger partial charge in [-0.25, -0.2) is 4.79 Å². The lowest BCUT2D eigenvalue weighted by atomic mass is 10.0. The van der Waals surface area contributed by atoms with E-state index in [2.05, 4.69) is 10.6 Å². The van der Waals surface area contributed by atoms with Crippen molar-refractivity contribution in [1.29, 1.82) is 0 Å². The Morgan fingerprint density at radius 1 is 1.29 bits per heavy atom. The number of ketones is 1. The molecule has 0 saturated heterocycles. The third-order valence-electron chi connectivity index (χ3n) is 3.08. The number of benzene rings is 1. The molecule has 17 heavy (non-hydrogen) atoms. The van der Waals surface area contributed by atoms with Crippen molar-refractivity contribution in [1.82, 2.24) is 10.6 Å². The molecule has 1 atom stereocenters. The number of allylic oxidation sites excluding steroid dienone is 1. The third-order valence-corrected chi connectivity index (χ3v) is 3.32. The third kappa shape index (κ3) is 1.37. The number of Topliss-reactive ketones (excluding diaryl/α,β-unsaturated/α-hetero) is 1. The fourth-order valence-electron chi connectivity index (χ4n) is 2.35. The molecule has 3 rings (SSSR count). The summed E-state index contributed by atoms with van der Waals surface area (Å²) in [6, 6.07) is 4.52. The Kier molecular flexibility index (Phi) is 2.03. The first-order valence-electron chi connectivity index (χ1n) is 5.20. The molecule has 0 fully saturated rings. The van der Waals surface area contributed by atoms with Gasteiger partial charge >= 0.3 is 6.03 Å². The molecule has 0 aromatic heterocycles. The quantitative estimate of drug-likeness (QED) is 0.739. The number of urea groups is 1. The summed E-state index contributed by atoms with van der Waals surface area (Å²) >= 11 is 5.88. The summed E-state index contributed by atoms with van der Waals surface area (Å²) < 4.78 is 0. The Labute approximate surface area is 103 Å². The molecule has 0 saturated carbocycles. The number of halogens is 1. The molecule has 0 radical (unpaired) electrons. The van der Waals surface area contributed by atoms with Crippen LogP contribution in [-0.4, -0.2) is 11.8 Å². The zero-order valence-electron chi connectivity index (χ0n) is 9.00. The Bertz CT molecular complexity index is 592. The molecule has 0 bridgehead atoms. The number of rotatable bonds is 0. The predicted octanol–water partition coefficient (Wildman–Crippen LogP) is 2.16. The van der Waals surface area contributed by atoms with E-state index < -0.39 is 0 Å². The largest absolute Gasteiger partial charge is 0.327 e. The van der Waals surface area contributed by atoms with Crippen LogP contribution in [0.15, 0.2) is 29.5 Å². The number of carbonyl (C=O) groups excluding carboxylic acids is 2. The van der Waals surface area contributed by atoms with Crippen LogP contribution in [0.2, 0.25) is 5.02 Å². The Hall–Kier alpha value is -1.81. The molecule has 4 nitrogen and oxygen atoms in total. The van der Waals surface area contributed by atoms with Gasteiger partial charge in [0.15, 0.2) is 5.78 Å². The van der Waals surface area contributed by atoms with Crippen molar-refractivity contribution in [3.8, 4) is 0 Å². The maximum atomic E-state index is 12.2. The summed E-state index contributed by atoms with van der Waals surface area (Å²) in [5.74, 6) is -0.0718. The zero-order chi connectivity index (χ0) is 12.2. The van der Waals surface area contributed by atoms with Gasteiger partial charge in [0.1, 0.15) is 0 Å². The standard InChI is InChI=1S/C12H9ClN2O2/c1-5-9-10(15-12(17)14-5)7-3-2-6(13)4-8(7)11(9)16/h2-4,10H,1H3,(H2,14,15,17). The molecule has 1 aliphatic heterocycles. The molecule has 2 aliphatic rings. The molecule has 0 spiro atoms. The Balaban J connectivity index is 2.24. The maximum absolute atomic E-state index is 12.2. The van der Waals surface area contributed by atoms with Gasteiger partial charge in [-0.2, -0.15) is 0 Å². The molecule has 5 heteroatoms. The molecule has 1 aromatic rings. The fraction of sp³-hybridized carbons (Fsp3) is 0.167. The van der Waals surface area contributed by atoms with E-state index in [1.54, 1.807) is 25.1 Å². The van der Waals surface area contributed by atoms with E-state index >= 15 is 0 Å². The SMILES string of the molecule is CC1=C2C(=O)c3cc(Cl)ccc3C2NC(=O)N1. The van der Waals surface area contributed by atoms with Gasteiger partial charge in [-0.1, -0.05) is 17.7 Å². The number of nitrogens with one attached hydrogen (secondary N) is 2. The van der Waals surface area contributed by atoms with Crippen LogP contribution in [0.5, 0.6) is 0 Å². The van der Waals surface area contributed by atoms with Crippen molar-refractivity contribution in [3.05, 3.63) is 45.6 Å². The van der Waals surface area contributed by atoms with Crippen LogP contribution in [-0.2, 0) is 0 Å². The summed E-state index contributed by atoms with van der Waals surface area (Å²) in [6.45, 7) is 1.73. The number of amides is 2. The van der Waals surface area contributed by atoms with Crippen molar-refractivity contribution < 1.29 is 9.59 Å². The van der Waals surface area contributed by atoms with Crippen molar-refractivity contribution in [3.63, 3.8) is 0 Å². The van der Waals surface area contributed by atoms with Gasteiger partial charge in [-0.05, 0) is 24.6 Å². The lowest BCUT2D eigenvalue weighted by molar-refractivity contribution is 0.103. The van der Waals surface area contributed by atoms with Crippen LogP contribution in [0, 0.1) is 0 Å². The lowest BCUT2D eigenvalue weighted by Gasteiger charge is -2.23. The number of carbonyl (C=O) groups is 2. The van der Waals surface area contributed by atoms with E-state index in [1.807, 2.05) is 0 Å². The fourth-order valence-corrected chi connectivity index (χ4v) is 2.52. The average Bonchev–Trinajstić information content (AvgIpc) is 2.52. The predicted molar refractivity (Wildman–Crippen MR) is 62.9 cm³/mol. The number of hydrogen-bond donors (Lipinski definition) is 2. The second-order valence-electron chi connectivity index (χ2n) is 4.13. The van der Waals surface area contributed by atoms with Crippen molar-refractivity contribution in [2.45, 2.75) is 13.0 Å². The summed E-state index contributed by atoms with van der Waals surface area (Å²) in [5.41, 5.74) is 2.59. The van der Waals surface area contributed by atoms with Gasteiger partial charge in [0, 0.05) is 21.9 Å². The monoisotopic (exact) mass is 248 g/mol. The highest BCUT2D eigenvalue weighted by Crippen LogP contribution is 2.39. The Morgan fingerprint density at radius 2 is 2.06 bits per heavy atom. The van der Waals surface area contributed by atoms with Crippen LogP contribution >= 0.6 is 11.6 Å². The van der Waals surface area contributed by atoms with E-state index in [1.165, 1.54) is 0 Å². The molecule has 1 unspecified atom stereocenters. The maximum Gasteiger partial charge on any atom is 0.319 e. The van der Waals surface area contributed by atoms with Crippen LogP contribution in [0.25, 0.3) is 0 Å². The minimum Gasteiger partial charge on any atom is -0.327 e. The van der Waals surface area contributed by atoms with E-state index in [9.17, 15) is 9.59 Å². The van der Waals surface area contributed by atoms with Crippen molar-refractivity contribution in [2.24, 2.45) is 0 Å². The van der Waals surface area contributed by atoms with E-state index in [-0.39, 0.29) is 17.9 Å². The number of fused-ring (bicyclic) bond motifs is 3. The van der Waals surface area contributed by atoms with Gasteiger partial charge < -0.3 is 10.6 Å². The second-order valence-corrected chi connectivity index (χ2v) is 4.57. The van der Waals surface area contributed by atoms with Gasteiger partial charge in [-0.15, -0.1) is 0 Å². The summed E-state index contributed by atoms with van der Waals surface area (Å²) in [7, 11) is 0. The highest BCUT2D eigenvalue weighted by molar-refractivity contribution is 6.31. The Morgan fingerprint density at radius 3 is 2.82 bits per heavy atom. The summed E-state index contributed by atoms with van der Waals surface area (Å²) in [4.78, 5) is 23.6. The van der Waals surface area contributed by atoms with Crippen molar-refractivity contribution in [2.75, 3.05) is 0 Å². The zero-order valence-corrected chi connectivity index (χ0v) is 9.76. The molecule has 2 amide bonds. The number of hydrogen-bond acceptors (Lipinski definition) is 2. The van der Waals surface area contributed by atoms with Gasteiger partial charge in [0.25, 0.3) is 0 Å². The van der Waals surface area contributed by atoms with Crippen LogP contribution in [0.4, 0.5) is 4.79 Å². The van der Waals surface area contributed by atoms with Gasteiger partial charge in [0.2, 0.25) is 0 Å². The topological polar surface area (TPSA) is 58.2 Å². The van der Waals surface area contributed by atoms with Crippen LogP contribution in [0.3, 0.4) is 0 Å². The second kappa shape index (κ2) is 3.34. The van der Waals surface area contributed by atoms with E-state index in [4.69, 9.17) is 11.6 Å². The van der Waals surface area contributed by atoms with Gasteiger partial charge in [0.05, 0.1) is 6.04 Å². The minimum atomic E-state index is -0.344. The molecule has 1 heterocycles. The smallest absolute Gasteiger partial charge is 0.319 e. The molecule has 1 aliphatic carbocycles. The molecule has 1 aromatic carbocycles. The van der Waals surface area contributed by atoms with Crippen LogP contribution < -0.4 is 10.6 Å². The van der Waals surface area contributed by atoms with Gasteiger partial charge in [-0.3, -0.25) is 4.79 Å². The first-order valence-corrected chi connectivity index (χ1v) is 5.58. The molecular weight excluding hydrogens is 240 g/mol. The molecule has 86 valence electrons. The normalized spacial score (nSPS) is 21.9. The lowest BCUT2D eigenvalue weighted by Crippen LogP contribution is -2.42. The minimum absolute atomic E-state index is 0.0718. The average molecular weight is 249 g/mol. The highest BCUT2D eigenvalue weighted by Gasteiger charge is 2.39. The van der Waals surface area contributed by atoms with Crippen LogP contribution in [0.1, 0.15) is 28.9 Å². The molecular formula is C12H9ClN2O2. The first kappa shape index (κ1) is 10.4. The van der Waals surface area contributed by atoms with E-state index in [0.29, 0.717) is 21.9 Å². The van der Waals surface area contributed by atoms with Crippen molar-refractivity contribution >= 4 is 23.4 Å². The summed E-state index contributed by atoms with van der Waals surface area (Å²) in [6.07, 6.45) is 0.